The summed E-state index contributed by atoms with van der Waals surface area (Å²) in [4.78, 5) is 58.0. The smallest absolute Gasteiger partial charge is 0.346 e. The van der Waals surface area contributed by atoms with Gasteiger partial charge in [-0.05, 0) is 30.3 Å². The molecule has 9 nitrogen and oxygen atoms in total. The van der Waals surface area contributed by atoms with Crippen molar-refractivity contribution >= 4 is 35.5 Å². The minimum Gasteiger partial charge on any atom is -0.478 e. The number of hydrogen-bond acceptors (Lipinski definition) is 6. The first kappa shape index (κ1) is 16.8. The molecule has 26 heavy (non-hydrogen) atoms. The molecule has 0 radical (unpaired) electrons. The summed E-state index contributed by atoms with van der Waals surface area (Å²) in [5.41, 5.74) is -1.39. The van der Waals surface area contributed by atoms with E-state index in [0.29, 0.717) is 0 Å². The maximum absolute atomic E-state index is 12.4. The molecule has 2 aromatic carbocycles. The number of anilines is 1. The Labute approximate surface area is 144 Å². The van der Waals surface area contributed by atoms with E-state index in [9.17, 15) is 34.2 Å². The highest BCUT2D eigenvalue weighted by molar-refractivity contribution is 6.17. The number of para-hydroxylation sites is 1. The van der Waals surface area contributed by atoms with E-state index in [1.165, 1.54) is 18.2 Å². The fourth-order valence-electron chi connectivity index (χ4n) is 2.46. The van der Waals surface area contributed by atoms with Crippen molar-refractivity contribution in [3.63, 3.8) is 0 Å². The number of carboxylic acid groups (broad SMARTS) is 2. The maximum Gasteiger partial charge on any atom is 0.346 e. The minimum atomic E-state index is -1.42. The summed E-state index contributed by atoms with van der Waals surface area (Å²) >= 11 is 0. The molecule has 2 aromatic rings. The van der Waals surface area contributed by atoms with Crippen LogP contribution in [0.2, 0.25) is 0 Å². The summed E-state index contributed by atoms with van der Waals surface area (Å²) in [6.07, 6.45) is 0. The van der Waals surface area contributed by atoms with E-state index in [1.807, 2.05) is 0 Å². The molecule has 1 heterocycles. The van der Waals surface area contributed by atoms with Gasteiger partial charge in [-0.3, -0.25) is 4.79 Å². The number of ether oxygens (including phenoxy) is 1. The lowest BCUT2D eigenvalue weighted by Gasteiger charge is -2.12. The standard InChI is InChI=1S/C17H9NO8/c19-13(7-4-5-8-11(6-7)17(25)26-16(8)24)18-12-9(14(20)21)2-1-3-10(12)15(22)23/h1-6H,(H,18,19)(H,20,21)(H,22,23). The Balaban J connectivity index is 2.01. The van der Waals surface area contributed by atoms with Crippen molar-refractivity contribution in [2.45, 2.75) is 0 Å². The number of aromatic carboxylic acids is 2. The lowest BCUT2D eigenvalue weighted by molar-refractivity contribution is 0.0442. The van der Waals surface area contributed by atoms with Crippen LogP contribution in [0, 0.1) is 0 Å². The van der Waals surface area contributed by atoms with E-state index in [0.717, 1.165) is 18.2 Å². The highest BCUT2D eigenvalue weighted by Crippen LogP contribution is 2.25. The molecule has 0 unspecified atom stereocenters. The molecule has 0 atom stereocenters. The van der Waals surface area contributed by atoms with Gasteiger partial charge in [-0.1, -0.05) is 6.07 Å². The second-order valence-corrected chi connectivity index (χ2v) is 5.23. The zero-order valence-corrected chi connectivity index (χ0v) is 12.8. The molecular weight excluding hydrogens is 346 g/mol. The third kappa shape index (κ3) is 2.77. The first-order chi connectivity index (χ1) is 12.3. The molecule has 1 aliphatic heterocycles. The van der Waals surface area contributed by atoms with Crippen LogP contribution in [0.5, 0.6) is 0 Å². The molecule has 0 spiro atoms. The van der Waals surface area contributed by atoms with Crippen molar-refractivity contribution < 1.29 is 38.9 Å². The van der Waals surface area contributed by atoms with Gasteiger partial charge >= 0.3 is 23.9 Å². The molecule has 1 aliphatic rings. The van der Waals surface area contributed by atoms with Crippen molar-refractivity contribution in [3.05, 3.63) is 64.2 Å². The topological polar surface area (TPSA) is 147 Å². The number of carbonyl (C=O) groups is 5. The van der Waals surface area contributed by atoms with Crippen molar-refractivity contribution in [3.8, 4) is 0 Å². The zero-order valence-electron chi connectivity index (χ0n) is 12.8. The van der Waals surface area contributed by atoms with E-state index >= 15 is 0 Å². The number of carbonyl (C=O) groups excluding carboxylic acids is 3. The first-order valence-corrected chi connectivity index (χ1v) is 7.11. The number of esters is 2. The molecule has 0 saturated heterocycles. The van der Waals surface area contributed by atoms with Gasteiger partial charge in [0.2, 0.25) is 0 Å². The van der Waals surface area contributed by atoms with Crippen LogP contribution >= 0.6 is 0 Å². The number of rotatable bonds is 4. The molecule has 0 aromatic heterocycles. The van der Waals surface area contributed by atoms with Gasteiger partial charge in [0.25, 0.3) is 5.91 Å². The van der Waals surface area contributed by atoms with E-state index in [-0.39, 0.29) is 16.7 Å². The Kier molecular flexibility index (Phi) is 3.97. The first-order valence-electron chi connectivity index (χ1n) is 7.11. The third-order valence-corrected chi connectivity index (χ3v) is 3.67. The van der Waals surface area contributed by atoms with E-state index in [1.54, 1.807) is 0 Å². The lowest BCUT2D eigenvalue weighted by atomic mass is 10.0. The Hall–Kier alpha value is -4.01. The predicted octanol–water partition coefficient (Wildman–Crippen LogP) is 1.65. The summed E-state index contributed by atoms with van der Waals surface area (Å²) in [7, 11) is 0. The van der Waals surface area contributed by atoms with Gasteiger partial charge in [0, 0.05) is 5.56 Å². The predicted molar refractivity (Wildman–Crippen MR) is 84.5 cm³/mol. The third-order valence-electron chi connectivity index (χ3n) is 3.67. The summed E-state index contributed by atoms with van der Waals surface area (Å²) in [5.74, 6) is -5.44. The highest BCUT2D eigenvalue weighted by Gasteiger charge is 2.30. The highest BCUT2D eigenvalue weighted by atomic mass is 16.6. The normalized spacial score (nSPS) is 12.3. The Morgan fingerprint density at radius 3 is 2.00 bits per heavy atom. The Morgan fingerprint density at radius 1 is 0.846 bits per heavy atom. The second-order valence-electron chi connectivity index (χ2n) is 5.23. The summed E-state index contributed by atoms with van der Waals surface area (Å²) in [5, 5.41) is 20.6. The van der Waals surface area contributed by atoms with Crippen LogP contribution in [0.1, 0.15) is 51.8 Å². The molecule has 0 bridgehead atoms. The van der Waals surface area contributed by atoms with Gasteiger partial charge in [0.15, 0.2) is 0 Å². The van der Waals surface area contributed by atoms with Crippen LogP contribution in [-0.4, -0.2) is 40.0 Å². The largest absolute Gasteiger partial charge is 0.478 e. The van der Waals surface area contributed by atoms with Gasteiger partial charge in [-0.2, -0.15) is 0 Å². The molecule has 1 amide bonds. The molecule has 130 valence electrons. The maximum atomic E-state index is 12.4. The van der Waals surface area contributed by atoms with Gasteiger partial charge in [-0.25, -0.2) is 19.2 Å². The van der Waals surface area contributed by atoms with Crippen LogP contribution in [0.4, 0.5) is 5.69 Å². The number of benzene rings is 2. The van der Waals surface area contributed by atoms with Gasteiger partial charge in [0.1, 0.15) is 0 Å². The second kappa shape index (κ2) is 6.13. The fourth-order valence-corrected chi connectivity index (χ4v) is 2.46. The fraction of sp³-hybridized carbons (Fsp3) is 0. The van der Waals surface area contributed by atoms with Crippen molar-refractivity contribution in [1.82, 2.24) is 0 Å². The number of cyclic esters (lactones) is 2. The van der Waals surface area contributed by atoms with Crippen LogP contribution in [0.25, 0.3) is 0 Å². The number of nitrogens with one attached hydrogen (secondary N) is 1. The van der Waals surface area contributed by atoms with Gasteiger partial charge in [-0.15, -0.1) is 0 Å². The minimum absolute atomic E-state index is 0.00344. The summed E-state index contributed by atoms with van der Waals surface area (Å²) in [6, 6.07) is 7.09. The van der Waals surface area contributed by atoms with E-state index in [2.05, 4.69) is 10.1 Å². The van der Waals surface area contributed by atoms with Crippen LogP contribution in [-0.2, 0) is 4.74 Å². The average Bonchev–Trinajstić information content (AvgIpc) is 2.88. The molecule has 3 N–H and O–H groups in total. The van der Waals surface area contributed by atoms with Gasteiger partial charge in [0.05, 0.1) is 27.9 Å². The summed E-state index contributed by atoms with van der Waals surface area (Å²) in [6.45, 7) is 0. The van der Waals surface area contributed by atoms with Crippen LogP contribution < -0.4 is 5.32 Å². The summed E-state index contributed by atoms with van der Waals surface area (Å²) < 4.78 is 4.42. The van der Waals surface area contributed by atoms with Crippen molar-refractivity contribution in [1.29, 1.82) is 0 Å². The van der Waals surface area contributed by atoms with E-state index in [4.69, 9.17) is 0 Å². The number of fused-ring (bicyclic) bond motifs is 1. The number of carboxylic acids is 2. The van der Waals surface area contributed by atoms with Gasteiger partial charge < -0.3 is 20.3 Å². The molecular formula is C17H9NO8. The molecule has 3 rings (SSSR count). The molecule has 9 heteroatoms. The van der Waals surface area contributed by atoms with Crippen molar-refractivity contribution in [2.75, 3.05) is 5.32 Å². The zero-order chi connectivity index (χ0) is 19.0. The van der Waals surface area contributed by atoms with Crippen LogP contribution in [0.3, 0.4) is 0 Å². The van der Waals surface area contributed by atoms with Crippen LogP contribution in [0.15, 0.2) is 36.4 Å². The van der Waals surface area contributed by atoms with Crippen molar-refractivity contribution in [2.24, 2.45) is 0 Å². The number of hydrogen-bond donors (Lipinski definition) is 3. The molecule has 0 aliphatic carbocycles. The quantitative estimate of drug-likeness (QED) is 0.554. The Morgan fingerprint density at radius 2 is 1.42 bits per heavy atom. The molecule has 0 fully saturated rings. The average molecular weight is 355 g/mol. The molecule has 0 saturated carbocycles. The lowest BCUT2D eigenvalue weighted by Crippen LogP contribution is -2.18. The number of amides is 1. The SMILES string of the molecule is O=C(Nc1c(C(=O)O)cccc1C(=O)O)c1ccc2c(c1)C(=O)OC2=O. The Bertz CT molecular complexity index is 976. The monoisotopic (exact) mass is 355 g/mol. The van der Waals surface area contributed by atoms with E-state index < -0.39 is 46.6 Å².